The van der Waals surface area contributed by atoms with Gasteiger partial charge in [0.15, 0.2) is 0 Å². The molecule has 2 amide bonds. The first kappa shape index (κ1) is 13.3. The van der Waals surface area contributed by atoms with Gasteiger partial charge < -0.3 is 15.3 Å². The fraction of sp³-hybridized carbons (Fsp3) is 0.917. The van der Waals surface area contributed by atoms with Crippen LogP contribution in [0.4, 0.5) is 4.79 Å². The van der Waals surface area contributed by atoms with Crippen LogP contribution in [-0.2, 0) is 0 Å². The number of aliphatic hydroxyl groups is 1. The van der Waals surface area contributed by atoms with Gasteiger partial charge in [-0.2, -0.15) is 0 Å². The van der Waals surface area contributed by atoms with E-state index in [-0.39, 0.29) is 11.9 Å². The number of hydrogen-bond donors (Lipinski definition) is 2. The molecule has 1 aliphatic rings. The highest BCUT2D eigenvalue weighted by atomic mass is 16.3. The minimum absolute atomic E-state index is 0.0356. The van der Waals surface area contributed by atoms with Crippen molar-refractivity contribution in [2.45, 2.75) is 39.7 Å². The second-order valence-electron chi connectivity index (χ2n) is 5.17. The lowest BCUT2D eigenvalue weighted by Crippen LogP contribution is -2.46. The van der Waals surface area contributed by atoms with Crippen molar-refractivity contribution in [3.05, 3.63) is 0 Å². The predicted molar refractivity (Wildman–Crippen MR) is 64.2 cm³/mol. The monoisotopic (exact) mass is 228 g/mol. The maximum Gasteiger partial charge on any atom is 0.317 e. The molecule has 94 valence electrons. The van der Waals surface area contributed by atoms with E-state index in [1.54, 1.807) is 0 Å². The Bertz CT molecular complexity index is 223. The summed E-state index contributed by atoms with van der Waals surface area (Å²) in [6.45, 7) is 8.13. The number of aliphatic hydroxyl groups excluding tert-OH is 1. The van der Waals surface area contributed by atoms with E-state index in [9.17, 15) is 9.90 Å². The Labute approximate surface area is 98.0 Å². The smallest absolute Gasteiger partial charge is 0.317 e. The Morgan fingerprint density at radius 2 is 2.00 bits per heavy atom. The summed E-state index contributed by atoms with van der Waals surface area (Å²) in [7, 11) is 0. The summed E-state index contributed by atoms with van der Waals surface area (Å²) in [6, 6.07) is -0.0356. The molecule has 1 saturated heterocycles. The third-order valence-electron chi connectivity index (χ3n) is 3.30. The summed E-state index contributed by atoms with van der Waals surface area (Å²) in [5.74, 6) is 0.909. The van der Waals surface area contributed by atoms with Gasteiger partial charge in [0.25, 0.3) is 0 Å². The molecule has 1 rings (SSSR count). The number of urea groups is 1. The third kappa shape index (κ3) is 4.00. The molecule has 0 radical (unpaired) electrons. The van der Waals surface area contributed by atoms with Gasteiger partial charge in [-0.05, 0) is 24.7 Å². The lowest BCUT2D eigenvalue weighted by Gasteiger charge is -2.30. The largest absolute Gasteiger partial charge is 0.391 e. The summed E-state index contributed by atoms with van der Waals surface area (Å²) < 4.78 is 0. The molecule has 0 saturated carbocycles. The number of nitrogens with one attached hydrogen (secondary N) is 1. The van der Waals surface area contributed by atoms with Crippen molar-refractivity contribution in [3.63, 3.8) is 0 Å². The zero-order chi connectivity index (χ0) is 12.1. The molecule has 4 heteroatoms. The normalized spacial score (nSPS) is 19.9. The molecular formula is C12H24N2O2. The molecule has 0 bridgehead atoms. The van der Waals surface area contributed by atoms with Crippen molar-refractivity contribution in [2.75, 3.05) is 19.6 Å². The van der Waals surface area contributed by atoms with Crippen LogP contribution >= 0.6 is 0 Å². The zero-order valence-electron chi connectivity index (χ0n) is 10.6. The number of piperidine rings is 1. The lowest BCUT2D eigenvalue weighted by molar-refractivity contribution is 0.118. The van der Waals surface area contributed by atoms with Gasteiger partial charge in [0.1, 0.15) is 0 Å². The summed E-state index contributed by atoms with van der Waals surface area (Å²) in [5.41, 5.74) is 0. The summed E-state index contributed by atoms with van der Waals surface area (Å²) in [4.78, 5) is 13.6. The van der Waals surface area contributed by atoms with E-state index in [4.69, 9.17) is 0 Å². The fourth-order valence-corrected chi connectivity index (χ4v) is 1.75. The van der Waals surface area contributed by atoms with Crippen LogP contribution in [-0.4, -0.2) is 41.8 Å². The van der Waals surface area contributed by atoms with E-state index in [1.165, 1.54) is 0 Å². The standard InChI is InChI=1S/C12H24N2O2/c1-9(2)11(15)8-13-12(16)14-6-4-10(3)5-7-14/h9-11,15H,4-8H2,1-3H3,(H,13,16). The lowest BCUT2D eigenvalue weighted by atomic mass is 10.00. The second kappa shape index (κ2) is 6.09. The second-order valence-corrected chi connectivity index (χ2v) is 5.17. The van der Waals surface area contributed by atoms with Crippen molar-refractivity contribution in [1.29, 1.82) is 0 Å². The first-order valence-electron chi connectivity index (χ1n) is 6.21. The highest BCUT2D eigenvalue weighted by Gasteiger charge is 2.20. The van der Waals surface area contributed by atoms with Crippen molar-refractivity contribution in [1.82, 2.24) is 10.2 Å². The van der Waals surface area contributed by atoms with Crippen LogP contribution in [0.1, 0.15) is 33.6 Å². The molecule has 0 aromatic carbocycles. The average molecular weight is 228 g/mol. The Kier molecular flexibility index (Phi) is 5.06. The van der Waals surface area contributed by atoms with E-state index in [0.29, 0.717) is 6.54 Å². The van der Waals surface area contributed by atoms with Gasteiger partial charge in [-0.25, -0.2) is 4.79 Å². The third-order valence-corrected chi connectivity index (χ3v) is 3.30. The number of likely N-dealkylation sites (tertiary alicyclic amines) is 1. The van der Waals surface area contributed by atoms with E-state index < -0.39 is 6.10 Å². The van der Waals surface area contributed by atoms with Crippen LogP contribution in [0.3, 0.4) is 0 Å². The van der Waals surface area contributed by atoms with Gasteiger partial charge in [-0.15, -0.1) is 0 Å². The van der Waals surface area contributed by atoms with Crippen molar-refractivity contribution in [2.24, 2.45) is 11.8 Å². The molecule has 1 atom stereocenters. The molecule has 1 fully saturated rings. The van der Waals surface area contributed by atoms with Crippen molar-refractivity contribution >= 4 is 6.03 Å². The highest BCUT2D eigenvalue weighted by Crippen LogP contribution is 2.15. The van der Waals surface area contributed by atoms with Crippen LogP contribution in [0.5, 0.6) is 0 Å². The molecule has 0 aliphatic carbocycles. The number of carbonyl (C=O) groups excluding carboxylic acids is 1. The van der Waals surface area contributed by atoms with E-state index in [2.05, 4.69) is 12.2 Å². The molecule has 1 aliphatic heterocycles. The van der Waals surface area contributed by atoms with E-state index in [0.717, 1.165) is 31.8 Å². The van der Waals surface area contributed by atoms with E-state index in [1.807, 2.05) is 18.7 Å². The Morgan fingerprint density at radius 3 is 2.50 bits per heavy atom. The van der Waals surface area contributed by atoms with Crippen LogP contribution in [0.25, 0.3) is 0 Å². The minimum atomic E-state index is -0.451. The van der Waals surface area contributed by atoms with Crippen LogP contribution in [0.2, 0.25) is 0 Å². The molecule has 0 aromatic rings. The maximum atomic E-state index is 11.7. The zero-order valence-corrected chi connectivity index (χ0v) is 10.6. The van der Waals surface area contributed by atoms with Crippen molar-refractivity contribution in [3.8, 4) is 0 Å². The van der Waals surface area contributed by atoms with E-state index >= 15 is 0 Å². The highest BCUT2D eigenvalue weighted by molar-refractivity contribution is 5.74. The fourth-order valence-electron chi connectivity index (χ4n) is 1.75. The number of hydrogen-bond acceptors (Lipinski definition) is 2. The van der Waals surface area contributed by atoms with Crippen LogP contribution in [0.15, 0.2) is 0 Å². The summed E-state index contributed by atoms with van der Waals surface area (Å²) >= 11 is 0. The molecule has 0 aromatic heterocycles. The summed E-state index contributed by atoms with van der Waals surface area (Å²) in [5, 5.41) is 12.4. The van der Waals surface area contributed by atoms with Gasteiger partial charge in [-0.3, -0.25) is 0 Å². The molecular weight excluding hydrogens is 204 g/mol. The number of amides is 2. The topological polar surface area (TPSA) is 52.6 Å². The maximum absolute atomic E-state index is 11.7. The Hall–Kier alpha value is -0.770. The number of carbonyl (C=O) groups is 1. The quantitative estimate of drug-likeness (QED) is 0.768. The van der Waals surface area contributed by atoms with Gasteiger partial charge in [0.2, 0.25) is 0 Å². The van der Waals surface area contributed by atoms with Crippen LogP contribution < -0.4 is 5.32 Å². The first-order valence-corrected chi connectivity index (χ1v) is 6.21. The molecule has 2 N–H and O–H groups in total. The van der Waals surface area contributed by atoms with Gasteiger partial charge in [0.05, 0.1) is 6.10 Å². The Morgan fingerprint density at radius 1 is 1.44 bits per heavy atom. The minimum Gasteiger partial charge on any atom is -0.391 e. The molecule has 16 heavy (non-hydrogen) atoms. The number of nitrogens with zero attached hydrogens (tertiary/aromatic N) is 1. The molecule has 1 unspecified atom stereocenters. The molecule has 0 spiro atoms. The van der Waals surface area contributed by atoms with Gasteiger partial charge in [-0.1, -0.05) is 20.8 Å². The molecule has 1 heterocycles. The number of rotatable bonds is 3. The van der Waals surface area contributed by atoms with Crippen LogP contribution in [0, 0.1) is 11.8 Å². The van der Waals surface area contributed by atoms with Gasteiger partial charge >= 0.3 is 6.03 Å². The first-order chi connectivity index (χ1) is 7.50. The Balaban J connectivity index is 2.25. The van der Waals surface area contributed by atoms with Gasteiger partial charge in [0, 0.05) is 19.6 Å². The van der Waals surface area contributed by atoms with Crippen molar-refractivity contribution < 1.29 is 9.90 Å². The molecule has 4 nitrogen and oxygen atoms in total. The SMILES string of the molecule is CC1CCN(C(=O)NCC(O)C(C)C)CC1. The summed E-state index contributed by atoms with van der Waals surface area (Å²) in [6.07, 6.45) is 1.72. The average Bonchev–Trinajstić information content (AvgIpc) is 2.26. The predicted octanol–water partition coefficient (Wildman–Crippen LogP) is 1.44.